The van der Waals surface area contributed by atoms with Crippen LogP contribution in [0.4, 0.5) is 0 Å². The number of hydrogen-bond acceptors (Lipinski definition) is 4. The van der Waals surface area contributed by atoms with E-state index in [4.69, 9.17) is 19.9 Å². The smallest absolute Gasteiger partial charge is 0.203 e. The molecular weight excluding hydrogens is 230 g/mol. The van der Waals surface area contributed by atoms with Crippen LogP contribution >= 0.6 is 0 Å². The van der Waals surface area contributed by atoms with Gasteiger partial charge in [-0.15, -0.1) is 0 Å². The normalized spacial score (nSPS) is 11.2. The maximum Gasteiger partial charge on any atom is 0.203 e. The molecule has 0 unspecified atom stereocenters. The van der Waals surface area contributed by atoms with Gasteiger partial charge < -0.3 is 19.9 Å². The van der Waals surface area contributed by atoms with E-state index in [1.165, 1.54) is 0 Å². The van der Waals surface area contributed by atoms with Gasteiger partial charge in [0.1, 0.15) is 0 Å². The molecule has 1 aromatic rings. The van der Waals surface area contributed by atoms with Crippen LogP contribution in [0.5, 0.6) is 17.2 Å². The fraction of sp³-hybridized carbons (Fsp3) is 0.571. The van der Waals surface area contributed by atoms with Gasteiger partial charge in [0.25, 0.3) is 0 Å². The lowest BCUT2D eigenvalue weighted by molar-refractivity contribution is 0.323. The largest absolute Gasteiger partial charge is 0.493 e. The summed E-state index contributed by atoms with van der Waals surface area (Å²) in [6, 6.07) is 3.93. The minimum atomic E-state index is -0.180. The summed E-state index contributed by atoms with van der Waals surface area (Å²) >= 11 is 0. The second-order valence-electron chi connectivity index (χ2n) is 5.02. The highest BCUT2D eigenvalue weighted by atomic mass is 16.5. The molecule has 0 bridgehead atoms. The van der Waals surface area contributed by atoms with Crippen molar-refractivity contribution in [3.05, 3.63) is 17.7 Å². The lowest BCUT2D eigenvalue weighted by atomic mass is 9.96. The van der Waals surface area contributed by atoms with Crippen molar-refractivity contribution in [3.63, 3.8) is 0 Å². The number of benzene rings is 1. The van der Waals surface area contributed by atoms with E-state index in [0.717, 1.165) is 18.4 Å². The molecule has 0 saturated heterocycles. The molecule has 4 heteroatoms. The molecule has 0 fully saturated rings. The molecule has 18 heavy (non-hydrogen) atoms. The predicted octanol–water partition coefficient (Wildman–Crippen LogP) is 2.38. The highest BCUT2D eigenvalue weighted by molar-refractivity contribution is 5.53. The van der Waals surface area contributed by atoms with Crippen LogP contribution in [0.15, 0.2) is 12.1 Å². The molecule has 1 aromatic carbocycles. The molecule has 0 saturated carbocycles. The molecule has 2 N–H and O–H groups in total. The van der Waals surface area contributed by atoms with E-state index in [1.807, 2.05) is 26.0 Å². The van der Waals surface area contributed by atoms with E-state index in [9.17, 15) is 0 Å². The Morgan fingerprint density at radius 3 is 1.83 bits per heavy atom. The topological polar surface area (TPSA) is 53.7 Å². The van der Waals surface area contributed by atoms with E-state index in [-0.39, 0.29) is 5.54 Å². The molecule has 0 aliphatic heterocycles. The molecule has 102 valence electrons. The molecule has 0 aliphatic carbocycles. The molecular formula is C14H23NO3. The highest BCUT2D eigenvalue weighted by Crippen LogP contribution is 2.38. The third-order valence-corrected chi connectivity index (χ3v) is 2.78. The fourth-order valence-electron chi connectivity index (χ4n) is 1.75. The molecule has 0 amide bonds. The van der Waals surface area contributed by atoms with Crippen LogP contribution < -0.4 is 19.9 Å². The molecule has 4 nitrogen and oxygen atoms in total. The first-order valence-electron chi connectivity index (χ1n) is 5.99. The quantitative estimate of drug-likeness (QED) is 0.845. The van der Waals surface area contributed by atoms with Gasteiger partial charge in [-0.25, -0.2) is 0 Å². The van der Waals surface area contributed by atoms with Gasteiger partial charge >= 0.3 is 0 Å². The summed E-state index contributed by atoms with van der Waals surface area (Å²) in [6.07, 6.45) is 1.77. The fourth-order valence-corrected chi connectivity index (χ4v) is 1.75. The Morgan fingerprint density at radius 2 is 1.50 bits per heavy atom. The average Bonchev–Trinajstić information content (AvgIpc) is 2.33. The molecule has 0 aromatic heterocycles. The third kappa shape index (κ3) is 3.81. The maximum absolute atomic E-state index is 5.99. The van der Waals surface area contributed by atoms with Gasteiger partial charge in [0, 0.05) is 5.54 Å². The Balaban J connectivity index is 3.00. The van der Waals surface area contributed by atoms with E-state index < -0.39 is 0 Å². The van der Waals surface area contributed by atoms with Crippen LogP contribution in [0.3, 0.4) is 0 Å². The van der Waals surface area contributed by atoms with Crippen LogP contribution in [0.25, 0.3) is 0 Å². The van der Waals surface area contributed by atoms with Crippen molar-refractivity contribution in [1.29, 1.82) is 0 Å². The van der Waals surface area contributed by atoms with Gasteiger partial charge in [-0.2, -0.15) is 0 Å². The van der Waals surface area contributed by atoms with E-state index >= 15 is 0 Å². The minimum Gasteiger partial charge on any atom is -0.493 e. The van der Waals surface area contributed by atoms with Crippen LogP contribution in [-0.2, 0) is 6.42 Å². The number of nitrogens with two attached hydrogens (primary N) is 1. The first kappa shape index (κ1) is 14.6. The minimum absolute atomic E-state index is 0.180. The van der Waals surface area contributed by atoms with Gasteiger partial charge in [0.05, 0.1) is 21.3 Å². The lowest BCUT2D eigenvalue weighted by Gasteiger charge is -2.19. The van der Waals surface area contributed by atoms with Gasteiger partial charge in [0.15, 0.2) is 11.5 Å². The van der Waals surface area contributed by atoms with Crippen LogP contribution in [0.2, 0.25) is 0 Å². The Bertz CT molecular complexity index is 372. The van der Waals surface area contributed by atoms with Crippen molar-refractivity contribution in [3.8, 4) is 17.2 Å². The van der Waals surface area contributed by atoms with Crippen molar-refractivity contribution in [2.24, 2.45) is 5.73 Å². The standard InChI is InChI=1S/C14H23NO3/c1-14(2,15)7-6-10-8-11(16-3)13(18-5)12(9-10)17-4/h8-9H,6-7,15H2,1-5H3. The van der Waals surface area contributed by atoms with Crippen molar-refractivity contribution >= 4 is 0 Å². The number of aryl methyl sites for hydroxylation is 1. The third-order valence-electron chi connectivity index (χ3n) is 2.78. The SMILES string of the molecule is COc1cc(CCC(C)(C)N)cc(OC)c1OC. The highest BCUT2D eigenvalue weighted by Gasteiger charge is 2.15. The number of methoxy groups -OCH3 is 3. The van der Waals surface area contributed by atoms with Crippen LogP contribution in [-0.4, -0.2) is 26.9 Å². The summed E-state index contributed by atoms with van der Waals surface area (Å²) in [5, 5.41) is 0. The Hall–Kier alpha value is -1.42. The zero-order valence-corrected chi connectivity index (χ0v) is 11.9. The van der Waals surface area contributed by atoms with E-state index in [0.29, 0.717) is 17.2 Å². The molecule has 1 rings (SSSR count). The summed E-state index contributed by atoms with van der Waals surface area (Å²) in [6.45, 7) is 4.04. The summed E-state index contributed by atoms with van der Waals surface area (Å²) in [4.78, 5) is 0. The molecule has 0 atom stereocenters. The lowest BCUT2D eigenvalue weighted by Crippen LogP contribution is -2.32. The maximum atomic E-state index is 5.99. The van der Waals surface area contributed by atoms with Gasteiger partial charge in [-0.05, 0) is 44.4 Å². The zero-order chi connectivity index (χ0) is 13.8. The number of ether oxygens (including phenoxy) is 3. The van der Waals surface area contributed by atoms with E-state index in [1.54, 1.807) is 21.3 Å². The average molecular weight is 253 g/mol. The number of rotatable bonds is 6. The predicted molar refractivity (Wildman–Crippen MR) is 72.7 cm³/mol. The van der Waals surface area contributed by atoms with Crippen LogP contribution in [0.1, 0.15) is 25.8 Å². The molecule has 0 spiro atoms. The summed E-state index contributed by atoms with van der Waals surface area (Å²) in [5.41, 5.74) is 6.94. The summed E-state index contributed by atoms with van der Waals surface area (Å²) in [5.74, 6) is 1.99. The summed E-state index contributed by atoms with van der Waals surface area (Å²) in [7, 11) is 4.84. The summed E-state index contributed by atoms with van der Waals surface area (Å²) < 4.78 is 15.9. The number of hydrogen-bond donors (Lipinski definition) is 1. The van der Waals surface area contributed by atoms with Gasteiger partial charge in [-0.1, -0.05) is 0 Å². The van der Waals surface area contributed by atoms with Crippen molar-refractivity contribution in [2.45, 2.75) is 32.2 Å². The Kier molecular flexibility index (Phi) is 4.84. The second kappa shape index (κ2) is 5.96. The van der Waals surface area contributed by atoms with Gasteiger partial charge in [-0.3, -0.25) is 0 Å². The molecule has 0 radical (unpaired) electrons. The molecule has 0 aliphatic rings. The van der Waals surface area contributed by atoms with E-state index in [2.05, 4.69) is 0 Å². The monoisotopic (exact) mass is 253 g/mol. The molecule has 0 heterocycles. The second-order valence-corrected chi connectivity index (χ2v) is 5.02. The first-order valence-corrected chi connectivity index (χ1v) is 5.99. The van der Waals surface area contributed by atoms with Crippen LogP contribution in [0, 0.1) is 0 Å². The first-order chi connectivity index (χ1) is 8.41. The van der Waals surface area contributed by atoms with Gasteiger partial charge in [0.2, 0.25) is 5.75 Å². The van der Waals surface area contributed by atoms with Crippen molar-refractivity contribution in [1.82, 2.24) is 0 Å². The Morgan fingerprint density at radius 1 is 1.00 bits per heavy atom. The van der Waals surface area contributed by atoms with Crippen molar-refractivity contribution < 1.29 is 14.2 Å². The van der Waals surface area contributed by atoms with Crippen molar-refractivity contribution in [2.75, 3.05) is 21.3 Å². The zero-order valence-electron chi connectivity index (χ0n) is 11.9. The Labute approximate surface area is 109 Å².